The van der Waals surface area contributed by atoms with E-state index >= 15 is 0 Å². The van der Waals surface area contributed by atoms with E-state index in [9.17, 15) is 18.0 Å². The number of likely N-dealkylation sites (N-methyl/N-ethyl adjacent to an activating group) is 1. The molecule has 2 aliphatic heterocycles. The molecule has 0 spiro atoms. The van der Waals surface area contributed by atoms with Gasteiger partial charge in [0.15, 0.2) is 0 Å². The molecule has 0 radical (unpaired) electrons. The molecule has 2 amide bonds. The molecule has 0 aromatic heterocycles. The molecular weight excluding hydrogens is 345 g/mol. The Hall–Kier alpha value is -1.80. The number of amides is 2. The van der Waals surface area contributed by atoms with Crippen LogP contribution in [0.5, 0.6) is 0 Å². The molecule has 0 unspecified atom stereocenters. The molecule has 1 N–H and O–H groups in total. The van der Waals surface area contributed by atoms with Crippen LogP contribution in [0.15, 0.2) is 24.3 Å². The van der Waals surface area contributed by atoms with Gasteiger partial charge in [-0.1, -0.05) is 12.1 Å². The van der Waals surface area contributed by atoms with Gasteiger partial charge in [0.2, 0.25) is 0 Å². The van der Waals surface area contributed by atoms with Crippen molar-refractivity contribution in [1.82, 2.24) is 20.0 Å². The van der Waals surface area contributed by atoms with E-state index in [2.05, 4.69) is 15.1 Å². The molecule has 144 valence electrons. The standard InChI is InChI=1S/C18H25F3N4O/c1-23-7-6-16(13-23)22-17(26)25-10-8-24(9-11-25)12-14-2-4-15(5-3-14)18(19,20)21/h2-5,16H,6-13H2,1H3,(H,22,26)/t16-/m1/s1. The first-order valence-corrected chi connectivity index (χ1v) is 8.94. The van der Waals surface area contributed by atoms with Crippen molar-refractivity contribution in [3.8, 4) is 0 Å². The van der Waals surface area contributed by atoms with Gasteiger partial charge in [0, 0.05) is 45.3 Å². The fraction of sp³-hybridized carbons (Fsp3) is 0.611. The summed E-state index contributed by atoms with van der Waals surface area (Å²) in [7, 11) is 2.05. The summed E-state index contributed by atoms with van der Waals surface area (Å²) in [5, 5.41) is 3.08. The van der Waals surface area contributed by atoms with Gasteiger partial charge in [-0.05, 0) is 37.7 Å². The summed E-state index contributed by atoms with van der Waals surface area (Å²) in [6.07, 6.45) is -3.32. The summed E-state index contributed by atoms with van der Waals surface area (Å²) < 4.78 is 37.8. The minimum atomic E-state index is -4.30. The Balaban J connectivity index is 1.44. The third kappa shape index (κ3) is 4.88. The zero-order chi connectivity index (χ0) is 18.7. The molecule has 1 atom stereocenters. The van der Waals surface area contributed by atoms with Gasteiger partial charge in [-0.15, -0.1) is 0 Å². The number of halogens is 3. The van der Waals surface area contributed by atoms with Crippen molar-refractivity contribution in [3.63, 3.8) is 0 Å². The Bertz CT molecular complexity index is 612. The predicted molar refractivity (Wildman–Crippen MR) is 92.7 cm³/mol. The van der Waals surface area contributed by atoms with Gasteiger partial charge in [-0.25, -0.2) is 4.79 Å². The molecule has 0 bridgehead atoms. The molecule has 5 nitrogen and oxygen atoms in total. The molecule has 2 heterocycles. The maximum Gasteiger partial charge on any atom is 0.416 e. The molecular formula is C18H25F3N4O. The van der Waals surface area contributed by atoms with Crippen molar-refractivity contribution >= 4 is 6.03 Å². The number of nitrogens with one attached hydrogen (secondary N) is 1. The van der Waals surface area contributed by atoms with Crippen molar-refractivity contribution < 1.29 is 18.0 Å². The van der Waals surface area contributed by atoms with E-state index in [0.717, 1.165) is 50.3 Å². The second kappa shape index (κ2) is 7.84. The molecule has 1 aromatic rings. The molecule has 3 rings (SSSR count). The molecule has 1 aromatic carbocycles. The van der Waals surface area contributed by atoms with Crippen LogP contribution in [0.25, 0.3) is 0 Å². The number of likely N-dealkylation sites (tertiary alicyclic amines) is 1. The van der Waals surface area contributed by atoms with Crippen LogP contribution in [-0.4, -0.2) is 73.1 Å². The molecule has 0 saturated carbocycles. The first-order chi connectivity index (χ1) is 12.3. The largest absolute Gasteiger partial charge is 0.416 e. The second-order valence-corrected chi connectivity index (χ2v) is 7.16. The van der Waals surface area contributed by atoms with Gasteiger partial charge in [0.05, 0.1) is 5.56 Å². The molecule has 2 saturated heterocycles. The Morgan fingerprint density at radius 1 is 1.12 bits per heavy atom. The van der Waals surface area contributed by atoms with Crippen LogP contribution in [0.2, 0.25) is 0 Å². The zero-order valence-electron chi connectivity index (χ0n) is 14.9. The highest BCUT2D eigenvalue weighted by molar-refractivity contribution is 5.74. The lowest BCUT2D eigenvalue weighted by Gasteiger charge is -2.35. The van der Waals surface area contributed by atoms with Crippen LogP contribution in [0, 0.1) is 0 Å². The third-order valence-electron chi connectivity index (χ3n) is 5.07. The SMILES string of the molecule is CN1CC[C@@H](NC(=O)N2CCN(Cc3ccc(C(F)(F)F)cc3)CC2)C1. The number of carbonyl (C=O) groups excluding carboxylic acids is 1. The summed E-state index contributed by atoms with van der Waals surface area (Å²) >= 11 is 0. The number of benzene rings is 1. The van der Waals surface area contributed by atoms with Crippen molar-refractivity contribution in [2.45, 2.75) is 25.2 Å². The average Bonchev–Trinajstić information content (AvgIpc) is 3.00. The number of piperazine rings is 1. The van der Waals surface area contributed by atoms with Crippen LogP contribution in [0.4, 0.5) is 18.0 Å². The van der Waals surface area contributed by atoms with Crippen molar-refractivity contribution in [3.05, 3.63) is 35.4 Å². The maximum absolute atomic E-state index is 12.6. The second-order valence-electron chi connectivity index (χ2n) is 7.16. The van der Waals surface area contributed by atoms with Gasteiger partial charge in [-0.3, -0.25) is 4.90 Å². The molecule has 2 fully saturated rings. The highest BCUT2D eigenvalue weighted by Crippen LogP contribution is 2.29. The molecule has 8 heteroatoms. The normalized spacial score (nSPS) is 22.6. The van der Waals surface area contributed by atoms with Crippen LogP contribution in [-0.2, 0) is 12.7 Å². The third-order valence-corrected chi connectivity index (χ3v) is 5.07. The Morgan fingerprint density at radius 2 is 1.77 bits per heavy atom. The Labute approximate surface area is 151 Å². The van der Waals surface area contributed by atoms with Crippen LogP contribution < -0.4 is 5.32 Å². The minimum Gasteiger partial charge on any atom is -0.334 e. The fourth-order valence-corrected chi connectivity index (χ4v) is 3.49. The van der Waals surface area contributed by atoms with E-state index in [-0.39, 0.29) is 12.1 Å². The smallest absolute Gasteiger partial charge is 0.334 e. The van der Waals surface area contributed by atoms with Crippen LogP contribution in [0.3, 0.4) is 0 Å². The first kappa shape index (κ1) is 19.0. The van der Waals surface area contributed by atoms with Gasteiger partial charge >= 0.3 is 12.2 Å². The van der Waals surface area contributed by atoms with E-state index < -0.39 is 11.7 Å². The topological polar surface area (TPSA) is 38.8 Å². The number of carbonyl (C=O) groups is 1. The van der Waals surface area contributed by atoms with E-state index in [0.29, 0.717) is 19.6 Å². The molecule has 0 aliphatic carbocycles. The fourth-order valence-electron chi connectivity index (χ4n) is 3.49. The summed E-state index contributed by atoms with van der Waals surface area (Å²) in [6.45, 7) is 5.20. The lowest BCUT2D eigenvalue weighted by atomic mass is 10.1. The quantitative estimate of drug-likeness (QED) is 0.887. The summed E-state index contributed by atoms with van der Waals surface area (Å²) in [5.41, 5.74) is 0.227. The van der Waals surface area contributed by atoms with Crippen LogP contribution >= 0.6 is 0 Å². The average molecular weight is 370 g/mol. The van der Waals surface area contributed by atoms with Gasteiger partial charge in [0.1, 0.15) is 0 Å². The summed E-state index contributed by atoms with van der Waals surface area (Å²) in [6, 6.07) is 5.50. The van der Waals surface area contributed by atoms with Crippen molar-refractivity contribution in [2.75, 3.05) is 46.3 Å². The van der Waals surface area contributed by atoms with Gasteiger partial charge in [0.25, 0.3) is 0 Å². The number of nitrogens with zero attached hydrogens (tertiary/aromatic N) is 3. The molecule has 26 heavy (non-hydrogen) atoms. The zero-order valence-corrected chi connectivity index (χ0v) is 14.9. The number of hydrogen-bond acceptors (Lipinski definition) is 3. The summed E-state index contributed by atoms with van der Waals surface area (Å²) in [5.74, 6) is 0. The van der Waals surface area contributed by atoms with E-state index in [1.165, 1.54) is 12.1 Å². The van der Waals surface area contributed by atoms with Crippen LogP contribution in [0.1, 0.15) is 17.5 Å². The summed E-state index contributed by atoms with van der Waals surface area (Å²) in [4.78, 5) is 18.5. The minimum absolute atomic E-state index is 0.0144. The first-order valence-electron chi connectivity index (χ1n) is 8.94. The molecule has 2 aliphatic rings. The highest BCUT2D eigenvalue weighted by atomic mass is 19.4. The number of rotatable bonds is 3. The van der Waals surface area contributed by atoms with Crippen molar-refractivity contribution in [2.24, 2.45) is 0 Å². The van der Waals surface area contributed by atoms with Gasteiger partial charge in [-0.2, -0.15) is 13.2 Å². The van der Waals surface area contributed by atoms with Gasteiger partial charge < -0.3 is 15.1 Å². The van der Waals surface area contributed by atoms with Crippen molar-refractivity contribution in [1.29, 1.82) is 0 Å². The monoisotopic (exact) mass is 370 g/mol. The van der Waals surface area contributed by atoms with E-state index in [4.69, 9.17) is 0 Å². The number of hydrogen-bond donors (Lipinski definition) is 1. The number of urea groups is 1. The lowest BCUT2D eigenvalue weighted by Crippen LogP contribution is -2.53. The Morgan fingerprint density at radius 3 is 2.31 bits per heavy atom. The maximum atomic E-state index is 12.6. The van der Waals surface area contributed by atoms with E-state index in [1.807, 2.05) is 11.9 Å². The van der Waals surface area contributed by atoms with E-state index in [1.54, 1.807) is 0 Å². The Kier molecular flexibility index (Phi) is 5.72. The number of alkyl halides is 3. The lowest BCUT2D eigenvalue weighted by molar-refractivity contribution is -0.137. The predicted octanol–water partition coefficient (Wildman–Crippen LogP) is 2.24. The highest BCUT2D eigenvalue weighted by Gasteiger charge is 2.30.